The first-order valence-corrected chi connectivity index (χ1v) is 19.0. The Morgan fingerprint density at radius 1 is 0.946 bits per heavy atom. The van der Waals surface area contributed by atoms with Gasteiger partial charge in [0, 0.05) is 63.8 Å². The lowest BCUT2D eigenvalue weighted by molar-refractivity contribution is -0.133. The van der Waals surface area contributed by atoms with Crippen LogP contribution in [-0.2, 0) is 29.0 Å². The highest BCUT2D eigenvalue weighted by molar-refractivity contribution is 5.99. The van der Waals surface area contributed by atoms with Crippen LogP contribution in [0.2, 0.25) is 0 Å². The molecular weight excluding hydrogens is 715 g/mol. The van der Waals surface area contributed by atoms with E-state index in [1.807, 2.05) is 21.7 Å². The highest BCUT2D eigenvalue weighted by Gasteiger charge is 2.23. The van der Waals surface area contributed by atoms with Gasteiger partial charge in [-0.2, -0.15) is 10.1 Å². The van der Waals surface area contributed by atoms with E-state index in [9.17, 15) is 9.59 Å². The number of carbonyl (C=O) groups excluding carboxylic acids is 2. The van der Waals surface area contributed by atoms with Crippen molar-refractivity contribution >= 4 is 51.7 Å². The summed E-state index contributed by atoms with van der Waals surface area (Å²) in [5.41, 5.74) is 19.1. The lowest BCUT2D eigenvalue weighted by atomic mass is 9.97. The predicted molar refractivity (Wildman–Crippen MR) is 211 cm³/mol. The Morgan fingerprint density at radius 2 is 1.79 bits per heavy atom. The molecule has 5 N–H and O–H groups in total. The van der Waals surface area contributed by atoms with Gasteiger partial charge in [-0.05, 0) is 54.3 Å². The van der Waals surface area contributed by atoms with E-state index in [4.69, 9.17) is 25.7 Å². The van der Waals surface area contributed by atoms with Gasteiger partial charge in [0.1, 0.15) is 23.4 Å². The second-order valence-corrected chi connectivity index (χ2v) is 14.1. The minimum atomic E-state index is -0.256. The number of carbonyl (C=O) groups is 2. The number of fused-ring (bicyclic) bond motifs is 3. The number of ether oxygens (including phenoxy) is 1. The van der Waals surface area contributed by atoms with Crippen LogP contribution in [0.3, 0.4) is 0 Å². The van der Waals surface area contributed by atoms with Gasteiger partial charge in [0.25, 0.3) is 11.9 Å². The highest BCUT2D eigenvalue weighted by Crippen LogP contribution is 2.33. The van der Waals surface area contributed by atoms with Crippen LogP contribution in [-0.4, -0.2) is 115 Å². The minimum Gasteiger partial charge on any atom is -0.424 e. The first kappa shape index (κ1) is 36.8. The molecule has 0 atom stereocenters. The van der Waals surface area contributed by atoms with Gasteiger partial charge in [-0.15, -0.1) is 0 Å². The van der Waals surface area contributed by atoms with E-state index >= 15 is 0 Å². The van der Waals surface area contributed by atoms with E-state index < -0.39 is 0 Å². The molecule has 17 nitrogen and oxygen atoms in total. The summed E-state index contributed by atoms with van der Waals surface area (Å²) in [6.45, 7) is 9.54. The van der Waals surface area contributed by atoms with E-state index in [1.165, 1.54) is 11.9 Å². The van der Waals surface area contributed by atoms with Crippen LogP contribution in [0.15, 0.2) is 59.5 Å². The lowest BCUT2D eigenvalue weighted by Crippen LogP contribution is -2.47. The summed E-state index contributed by atoms with van der Waals surface area (Å²) >= 11 is 0. The van der Waals surface area contributed by atoms with Crippen LogP contribution in [0.5, 0.6) is 0 Å². The second-order valence-electron chi connectivity index (χ2n) is 14.1. The van der Waals surface area contributed by atoms with E-state index in [0.29, 0.717) is 77.9 Å². The Morgan fingerprint density at radius 3 is 2.61 bits per heavy atom. The normalized spacial score (nSPS) is 14.7. The van der Waals surface area contributed by atoms with Gasteiger partial charge in [-0.3, -0.25) is 14.5 Å². The summed E-state index contributed by atoms with van der Waals surface area (Å²) in [7, 11) is 0. The molecule has 6 heterocycles. The largest absolute Gasteiger partial charge is 0.424 e. The number of hydrogen-bond acceptors (Lipinski definition) is 14. The standard InChI is InChI=1S/C39H45N13O4/c1-2-10-49-12-14-50(15-13-49)39-43-20-29(21-44-39)37(54)42-9-17-55-16-8-32(53)51-11-7-26-18-25(3-4-28(26)23-51)22-52-36-33(35(40)45-24-46-36)34(48-52)27-5-6-31-30(19-27)47-38(41)56-31/h3-6,18-21,24H,2,7-17,22-23H2,1H3,(H2,41,47)(H,42,54)(H2,40,45,46). The number of nitrogens with one attached hydrogen (secondary N) is 1. The number of nitrogens with two attached hydrogens (primary N) is 2. The number of nitrogens with zero attached hydrogens (tertiary/aromatic N) is 10. The number of piperazine rings is 1. The molecule has 2 aliphatic rings. The van der Waals surface area contributed by atoms with Crippen molar-refractivity contribution < 1.29 is 18.7 Å². The van der Waals surface area contributed by atoms with Gasteiger partial charge >= 0.3 is 0 Å². The predicted octanol–water partition coefficient (Wildman–Crippen LogP) is 2.89. The Hall–Kier alpha value is -6.20. The summed E-state index contributed by atoms with van der Waals surface area (Å²) in [5, 5.41) is 8.42. The highest BCUT2D eigenvalue weighted by atomic mass is 16.5. The van der Waals surface area contributed by atoms with E-state index in [0.717, 1.165) is 62.3 Å². The van der Waals surface area contributed by atoms with E-state index in [1.54, 1.807) is 18.5 Å². The Balaban J connectivity index is 0.798. The van der Waals surface area contributed by atoms with Crippen LogP contribution < -0.4 is 21.7 Å². The third kappa shape index (κ3) is 7.94. The molecule has 2 amide bonds. The lowest BCUT2D eigenvalue weighted by Gasteiger charge is -2.34. The van der Waals surface area contributed by atoms with Crippen molar-refractivity contribution in [2.45, 2.75) is 39.3 Å². The molecule has 1 fully saturated rings. The number of nitrogen functional groups attached to an aromatic ring is 2. The molecule has 0 unspecified atom stereocenters. The number of hydrogen-bond donors (Lipinski definition) is 3. The average molecular weight is 760 g/mol. The molecule has 6 aromatic rings. The van der Waals surface area contributed by atoms with Crippen LogP contribution >= 0.6 is 0 Å². The van der Waals surface area contributed by atoms with Crippen molar-refractivity contribution in [1.82, 2.24) is 49.8 Å². The van der Waals surface area contributed by atoms with Crippen molar-refractivity contribution in [3.05, 3.63) is 77.4 Å². The number of amides is 2. The number of rotatable bonds is 13. The van der Waals surface area contributed by atoms with Crippen LogP contribution in [0.4, 0.5) is 17.8 Å². The molecule has 4 aromatic heterocycles. The van der Waals surface area contributed by atoms with Crippen LogP contribution in [0.25, 0.3) is 33.4 Å². The molecule has 290 valence electrons. The summed E-state index contributed by atoms with van der Waals surface area (Å²) in [6, 6.07) is 12.0. The molecule has 0 radical (unpaired) electrons. The van der Waals surface area contributed by atoms with Gasteiger partial charge in [0.15, 0.2) is 11.2 Å². The first-order valence-electron chi connectivity index (χ1n) is 19.0. The third-order valence-electron chi connectivity index (χ3n) is 10.3. The summed E-state index contributed by atoms with van der Waals surface area (Å²) in [5.74, 6) is 0.762. The fourth-order valence-corrected chi connectivity index (χ4v) is 7.37. The van der Waals surface area contributed by atoms with E-state index in [2.05, 4.69) is 65.2 Å². The SMILES string of the molecule is CCCN1CCN(c2ncc(C(=O)NCCOCCC(=O)N3CCc4cc(Cn5nc(-c6ccc7oc(N)nc7c6)c6c(N)ncnc65)ccc4C3)cn2)CC1. The molecule has 0 aliphatic carbocycles. The number of benzene rings is 2. The summed E-state index contributed by atoms with van der Waals surface area (Å²) in [6.07, 6.45) is 6.72. The third-order valence-corrected chi connectivity index (χ3v) is 10.3. The van der Waals surface area contributed by atoms with Crippen molar-refractivity contribution in [3.63, 3.8) is 0 Å². The van der Waals surface area contributed by atoms with Gasteiger partial charge < -0.3 is 35.7 Å². The van der Waals surface area contributed by atoms with Gasteiger partial charge in [0.2, 0.25) is 11.9 Å². The van der Waals surface area contributed by atoms with Crippen molar-refractivity contribution in [2.75, 3.05) is 75.4 Å². The monoisotopic (exact) mass is 759 g/mol. The Kier molecular flexibility index (Phi) is 10.7. The fraction of sp³-hybridized carbons (Fsp3) is 0.385. The van der Waals surface area contributed by atoms with Crippen molar-refractivity contribution in [3.8, 4) is 11.3 Å². The number of anilines is 3. The molecule has 2 aliphatic heterocycles. The van der Waals surface area contributed by atoms with Crippen LogP contribution in [0.1, 0.15) is 46.8 Å². The molecule has 0 saturated carbocycles. The maximum atomic E-state index is 13.1. The maximum Gasteiger partial charge on any atom is 0.292 e. The molecule has 1 saturated heterocycles. The molecule has 17 heteroatoms. The number of aromatic nitrogens is 7. The molecular formula is C39H45N13O4. The average Bonchev–Trinajstić information content (AvgIpc) is 3.78. The zero-order chi connectivity index (χ0) is 38.6. The first-order chi connectivity index (χ1) is 27.3. The topological polar surface area (TPSA) is 213 Å². The molecule has 0 spiro atoms. The summed E-state index contributed by atoms with van der Waals surface area (Å²) < 4.78 is 13.0. The van der Waals surface area contributed by atoms with Crippen molar-refractivity contribution in [2.24, 2.45) is 0 Å². The fourth-order valence-electron chi connectivity index (χ4n) is 7.37. The zero-order valence-corrected chi connectivity index (χ0v) is 31.4. The number of oxazole rings is 1. The van der Waals surface area contributed by atoms with Crippen LogP contribution in [0, 0.1) is 0 Å². The molecule has 0 bridgehead atoms. The maximum absolute atomic E-state index is 13.1. The quantitative estimate of drug-likeness (QED) is 0.145. The smallest absolute Gasteiger partial charge is 0.292 e. The van der Waals surface area contributed by atoms with E-state index in [-0.39, 0.29) is 30.9 Å². The molecule has 2 aromatic carbocycles. The minimum absolute atomic E-state index is 0.0343. The Bertz CT molecular complexity index is 2350. The van der Waals surface area contributed by atoms with Gasteiger partial charge in [0.05, 0.1) is 37.1 Å². The molecule has 8 rings (SSSR count). The summed E-state index contributed by atoms with van der Waals surface area (Å²) in [4.78, 5) is 54.0. The second kappa shape index (κ2) is 16.3. The Labute approximate surface area is 323 Å². The van der Waals surface area contributed by atoms with Crippen molar-refractivity contribution in [1.29, 1.82) is 0 Å². The van der Waals surface area contributed by atoms with Gasteiger partial charge in [-0.1, -0.05) is 25.1 Å². The zero-order valence-electron chi connectivity index (χ0n) is 31.4. The molecule has 56 heavy (non-hydrogen) atoms. The van der Waals surface area contributed by atoms with Gasteiger partial charge in [-0.25, -0.2) is 24.6 Å².